The molecule has 12 nitrogen and oxygen atoms in total. The molecule has 12 heteroatoms. The van der Waals surface area contributed by atoms with Crippen LogP contribution in [0.3, 0.4) is 0 Å². The first-order valence-electron chi connectivity index (χ1n) is 13.1. The SMILES string of the molecule is CC(C)(C)OC(=O)N1CCCC(c2noc(CCC(=O)NCCCNC3=C4C=CC=CC4C(=O)N=N3)n2)C1. The van der Waals surface area contributed by atoms with E-state index in [1.165, 1.54) is 0 Å². The molecule has 2 atom stereocenters. The molecule has 3 aliphatic rings. The van der Waals surface area contributed by atoms with Crippen LogP contribution in [0.15, 0.2) is 50.4 Å². The summed E-state index contributed by atoms with van der Waals surface area (Å²) in [5.74, 6) is 0.761. The normalized spacial score (nSPS) is 20.9. The zero-order chi connectivity index (χ0) is 27.1. The van der Waals surface area contributed by atoms with E-state index in [1.807, 2.05) is 39.0 Å². The average Bonchev–Trinajstić information content (AvgIpc) is 3.37. The van der Waals surface area contributed by atoms with Gasteiger partial charge in [0.25, 0.3) is 5.91 Å². The van der Waals surface area contributed by atoms with Gasteiger partial charge in [0, 0.05) is 50.5 Å². The monoisotopic (exact) mass is 525 g/mol. The lowest BCUT2D eigenvalue weighted by molar-refractivity contribution is -0.121. The number of aryl methyl sites for hydroxylation is 1. The predicted octanol–water partition coefficient (Wildman–Crippen LogP) is 3.16. The van der Waals surface area contributed by atoms with Crippen LogP contribution in [0, 0.1) is 5.92 Å². The van der Waals surface area contributed by atoms with Gasteiger partial charge in [0.15, 0.2) is 11.6 Å². The zero-order valence-corrected chi connectivity index (χ0v) is 22.1. The molecule has 204 valence electrons. The van der Waals surface area contributed by atoms with E-state index in [0.29, 0.717) is 56.6 Å². The van der Waals surface area contributed by atoms with Crippen LogP contribution in [-0.2, 0) is 20.7 Å². The highest BCUT2D eigenvalue weighted by Gasteiger charge is 2.31. The minimum Gasteiger partial charge on any atom is -0.444 e. The Morgan fingerprint density at radius 1 is 1.21 bits per heavy atom. The zero-order valence-electron chi connectivity index (χ0n) is 22.1. The highest BCUT2D eigenvalue weighted by Crippen LogP contribution is 2.28. The fraction of sp³-hybridized carbons (Fsp3) is 0.577. The van der Waals surface area contributed by atoms with Gasteiger partial charge in [-0.2, -0.15) is 4.98 Å². The van der Waals surface area contributed by atoms with E-state index in [4.69, 9.17) is 9.26 Å². The largest absolute Gasteiger partial charge is 0.444 e. The highest BCUT2D eigenvalue weighted by atomic mass is 16.6. The number of carbonyl (C=O) groups is 3. The van der Waals surface area contributed by atoms with Gasteiger partial charge in [0.1, 0.15) is 5.60 Å². The first-order chi connectivity index (χ1) is 18.2. The van der Waals surface area contributed by atoms with Crippen LogP contribution in [-0.4, -0.2) is 64.7 Å². The van der Waals surface area contributed by atoms with Crippen molar-refractivity contribution in [2.24, 2.45) is 16.1 Å². The molecule has 1 aromatic heterocycles. The number of likely N-dealkylation sites (tertiary alicyclic amines) is 1. The van der Waals surface area contributed by atoms with Crippen molar-refractivity contribution in [2.45, 2.75) is 64.4 Å². The first-order valence-corrected chi connectivity index (χ1v) is 13.1. The summed E-state index contributed by atoms with van der Waals surface area (Å²) in [5, 5.41) is 17.8. The molecule has 38 heavy (non-hydrogen) atoms. The number of piperidine rings is 1. The smallest absolute Gasteiger partial charge is 0.410 e. The quantitative estimate of drug-likeness (QED) is 0.467. The van der Waals surface area contributed by atoms with Gasteiger partial charge in [-0.15, -0.1) is 10.2 Å². The van der Waals surface area contributed by atoms with Crippen molar-refractivity contribution in [3.63, 3.8) is 0 Å². The summed E-state index contributed by atoms with van der Waals surface area (Å²) < 4.78 is 10.8. The summed E-state index contributed by atoms with van der Waals surface area (Å²) in [7, 11) is 0. The molecule has 3 heterocycles. The molecule has 0 aromatic carbocycles. The fourth-order valence-corrected chi connectivity index (χ4v) is 4.39. The molecule has 0 bridgehead atoms. The summed E-state index contributed by atoms with van der Waals surface area (Å²) in [6.45, 7) is 7.72. The molecule has 1 aliphatic carbocycles. The number of rotatable bonds is 9. The Balaban J connectivity index is 1.15. The predicted molar refractivity (Wildman–Crippen MR) is 137 cm³/mol. The Bertz CT molecular complexity index is 1160. The number of carbonyl (C=O) groups excluding carboxylic acids is 3. The molecule has 2 unspecified atom stereocenters. The van der Waals surface area contributed by atoms with Crippen molar-refractivity contribution in [1.82, 2.24) is 25.7 Å². The molecule has 3 amide bonds. The maximum Gasteiger partial charge on any atom is 0.410 e. The van der Waals surface area contributed by atoms with E-state index in [-0.39, 0.29) is 36.2 Å². The van der Waals surface area contributed by atoms with Crippen LogP contribution in [0.25, 0.3) is 0 Å². The topological polar surface area (TPSA) is 151 Å². The molecule has 2 N–H and O–H groups in total. The second-order valence-electron chi connectivity index (χ2n) is 10.5. The van der Waals surface area contributed by atoms with E-state index in [9.17, 15) is 14.4 Å². The van der Waals surface area contributed by atoms with Crippen molar-refractivity contribution in [3.8, 4) is 0 Å². The molecule has 4 rings (SSSR count). The maximum absolute atomic E-state index is 12.4. The van der Waals surface area contributed by atoms with E-state index < -0.39 is 5.60 Å². The average molecular weight is 526 g/mol. The number of nitrogens with zero attached hydrogens (tertiary/aromatic N) is 5. The van der Waals surface area contributed by atoms with Crippen LogP contribution in [0.4, 0.5) is 4.79 Å². The number of allylic oxidation sites excluding steroid dienone is 3. The third-order valence-corrected chi connectivity index (χ3v) is 6.27. The molecule has 0 radical (unpaired) electrons. The first kappa shape index (κ1) is 27.2. The molecular weight excluding hydrogens is 490 g/mol. The lowest BCUT2D eigenvalue weighted by Gasteiger charge is -2.32. The van der Waals surface area contributed by atoms with Gasteiger partial charge in [-0.25, -0.2) is 4.79 Å². The second kappa shape index (κ2) is 12.1. The third-order valence-electron chi connectivity index (χ3n) is 6.27. The van der Waals surface area contributed by atoms with Gasteiger partial charge in [0.05, 0.1) is 5.92 Å². The summed E-state index contributed by atoms with van der Waals surface area (Å²) in [4.78, 5) is 42.7. The van der Waals surface area contributed by atoms with Crippen LogP contribution in [0.1, 0.15) is 64.1 Å². The van der Waals surface area contributed by atoms with Crippen molar-refractivity contribution < 1.29 is 23.6 Å². The molecule has 2 aliphatic heterocycles. The van der Waals surface area contributed by atoms with Gasteiger partial charge in [-0.1, -0.05) is 29.5 Å². The fourth-order valence-electron chi connectivity index (χ4n) is 4.39. The van der Waals surface area contributed by atoms with E-state index >= 15 is 0 Å². The lowest BCUT2D eigenvalue weighted by atomic mass is 9.93. The van der Waals surface area contributed by atoms with Crippen molar-refractivity contribution in [2.75, 3.05) is 26.2 Å². The van der Waals surface area contributed by atoms with E-state index in [1.54, 1.807) is 11.0 Å². The maximum atomic E-state index is 12.4. The Kier molecular flexibility index (Phi) is 8.70. The summed E-state index contributed by atoms with van der Waals surface area (Å²) >= 11 is 0. The Hall–Kier alpha value is -3.83. The number of nitrogens with one attached hydrogen (secondary N) is 2. The van der Waals surface area contributed by atoms with Gasteiger partial charge in [-0.3, -0.25) is 9.59 Å². The second-order valence-corrected chi connectivity index (χ2v) is 10.5. The number of azo groups is 1. The van der Waals surface area contributed by atoms with Crippen LogP contribution in [0.5, 0.6) is 0 Å². The number of hydrogen-bond donors (Lipinski definition) is 2. The summed E-state index contributed by atoms with van der Waals surface area (Å²) in [5.41, 5.74) is 0.261. The summed E-state index contributed by atoms with van der Waals surface area (Å²) in [6.07, 6.45) is 9.96. The number of aromatic nitrogens is 2. The van der Waals surface area contributed by atoms with Gasteiger partial charge >= 0.3 is 6.09 Å². The van der Waals surface area contributed by atoms with Crippen molar-refractivity contribution >= 4 is 17.9 Å². The van der Waals surface area contributed by atoms with E-state index in [2.05, 4.69) is 31.0 Å². The summed E-state index contributed by atoms with van der Waals surface area (Å²) in [6, 6.07) is 0. The molecule has 1 aromatic rings. The standard InChI is InChI=1S/C26H35N7O5/c1-26(2,3)37-25(36)33-15-6-8-17(16-33)22-29-21(38-32-22)12-11-20(34)27-13-7-14-28-23-18-9-4-5-10-19(18)24(35)31-30-23/h4-5,9-10,17,19,28H,6-8,11-16H2,1-3H3,(H,27,34). The van der Waals surface area contributed by atoms with Gasteiger partial charge in [-0.05, 0) is 40.0 Å². The third kappa shape index (κ3) is 7.36. The molecule has 1 fully saturated rings. The minimum atomic E-state index is -0.546. The Morgan fingerprint density at radius 3 is 2.87 bits per heavy atom. The molecule has 0 spiro atoms. The highest BCUT2D eigenvalue weighted by molar-refractivity contribution is 5.86. The van der Waals surface area contributed by atoms with Crippen molar-refractivity contribution in [3.05, 3.63) is 47.4 Å². The molecule has 0 saturated carbocycles. The molecule has 1 saturated heterocycles. The van der Waals surface area contributed by atoms with Crippen LogP contribution in [0.2, 0.25) is 0 Å². The lowest BCUT2D eigenvalue weighted by Crippen LogP contribution is -2.42. The Morgan fingerprint density at radius 2 is 2.05 bits per heavy atom. The van der Waals surface area contributed by atoms with Gasteiger partial charge < -0.3 is 24.8 Å². The van der Waals surface area contributed by atoms with Crippen LogP contribution >= 0.6 is 0 Å². The number of amides is 3. The van der Waals surface area contributed by atoms with E-state index in [0.717, 1.165) is 18.4 Å². The number of ether oxygens (including phenoxy) is 1. The van der Waals surface area contributed by atoms with Gasteiger partial charge in [0.2, 0.25) is 11.8 Å². The minimum absolute atomic E-state index is 0.0247. The number of hydrogen-bond acceptors (Lipinski definition) is 9. The molecular formula is C26H35N7O5. The number of fused-ring (bicyclic) bond motifs is 1. The van der Waals surface area contributed by atoms with Crippen molar-refractivity contribution in [1.29, 1.82) is 0 Å². The van der Waals surface area contributed by atoms with Crippen LogP contribution < -0.4 is 10.6 Å². The Labute approximate surface area is 221 Å².